The SMILES string of the molecule is CC(C)c1cc2c(cnn2C(C)C)nn1. The first kappa shape index (κ1) is 10.1. The van der Waals surface area contributed by atoms with Crippen LogP contribution in [0.1, 0.15) is 45.3 Å². The Labute approximate surface area is 89.3 Å². The van der Waals surface area contributed by atoms with Crippen molar-refractivity contribution in [1.29, 1.82) is 0 Å². The van der Waals surface area contributed by atoms with Crippen LogP contribution in [-0.2, 0) is 0 Å². The summed E-state index contributed by atoms with van der Waals surface area (Å²) in [4.78, 5) is 0. The van der Waals surface area contributed by atoms with E-state index >= 15 is 0 Å². The second-order valence-corrected chi connectivity index (χ2v) is 4.38. The molecule has 0 aliphatic heterocycles. The molecule has 0 aliphatic carbocycles. The third-order valence-electron chi connectivity index (χ3n) is 2.45. The Hall–Kier alpha value is -1.45. The molecule has 0 aliphatic rings. The van der Waals surface area contributed by atoms with Gasteiger partial charge in [-0.15, -0.1) is 5.10 Å². The van der Waals surface area contributed by atoms with E-state index in [0.29, 0.717) is 12.0 Å². The molecule has 4 heteroatoms. The van der Waals surface area contributed by atoms with Crippen molar-refractivity contribution in [2.75, 3.05) is 0 Å². The minimum atomic E-state index is 0.353. The molecule has 0 bridgehead atoms. The smallest absolute Gasteiger partial charge is 0.131 e. The second kappa shape index (κ2) is 3.61. The Morgan fingerprint density at radius 2 is 1.87 bits per heavy atom. The summed E-state index contributed by atoms with van der Waals surface area (Å²) in [6.07, 6.45) is 1.77. The fourth-order valence-corrected chi connectivity index (χ4v) is 1.55. The minimum absolute atomic E-state index is 0.353. The normalized spacial score (nSPS) is 11.9. The fourth-order valence-electron chi connectivity index (χ4n) is 1.55. The first-order valence-electron chi connectivity index (χ1n) is 5.30. The van der Waals surface area contributed by atoms with Crippen LogP contribution < -0.4 is 0 Å². The molecule has 0 amide bonds. The molecule has 2 heterocycles. The van der Waals surface area contributed by atoms with Gasteiger partial charge in [0.1, 0.15) is 5.52 Å². The largest absolute Gasteiger partial charge is 0.261 e. The zero-order valence-corrected chi connectivity index (χ0v) is 9.60. The van der Waals surface area contributed by atoms with Gasteiger partial charge in [-0.1, -0.05) is 13.8 Å². The summed E-state index contributed by atoms with van der Waals surface area (Å²) in [5, 5.41) is 12.7. The van der Waals surface area contributed by atoms with E-state index in [1.165, 1.54) is 0 Å². The fraction of sp³-hybridized carbons (Fsp3) is 0.545. The van der Waals surface area contributed by atoms with Crippen molar-refractivity contribution in [3.8, 4) is 0 Å². The number of hydrogen-bond acceptors (Lipinski definition) is 3. The Bertz CT molecular complexity index is 470. The summed E-state index contributed by atoms with van der Waals surface area (Å²) >= 11 is 0. The average Bonchev–Trinajstić information content (AvgIpc) is 2.59. The summed E-state index contributed by atoms with van der Waals surface area (Å²) in [5.41, 5.74) is 2.96. The number of nitrogens with zero attached hydrogens (tertiary/aromatic N) is 4. The van der Waals surface area contributed by atoms with Gasteiger partial charge in [-0.3, -0.25) is 4.68 Å². The lowest BCUT2D eigenvalue weighted by molar-refractivity contribution is 0.550. The molecule has 2 aromatic rings. The standard InChI is InChI=1S/C11H16N4/c1-7(2)9-5-11-10(14-13-9)6-12-15(11)8(3)4/h5-8H,1-4H3. The molecule has 0 atom stereocenters. The average molecular weight is 204 g/mol. The van der Waals surface area contributed by atoms with E-state index in [9.17, 15) is 0 Å². The molecule has 0 spiro atoms. The first-order chi connectivity index (χ1) is 7.09. The predicted molar refractivity (Wildman–Crippen MR) is 59.8 cm³/mol. The van der Waals surface area contributed by atoms with Crippen LogP contribution in [0.15, 0.2) is 12.3 Å². The van der Waals surface area contributed by atoms with Crippen LogP contribution in [0.2, 0.25) is 0 Å². The van der Waals surface area contributed by atoms with Crippen molar-refractivity contribution in [3.05, 3.63) is 18.0 Å². The van der Waals surface area contributed by atoms with Crippen molar-refractivity contribution in [2.24, 2.45) is 0 Å². The Kier molecular flexibility index (Phi) is 2.42. The van der Waals surface area contributed by atoms with Crippen molar-refractivity contribution in [1.82, 2.24) is 20.0 Å². The van der Waals surface area contributed by atoms with Gasteiger partial charge in [0, 0.05) is 6.04 Å². The lowest BCUT2D eigenvalue weighted by Crippen LogP contribution is -2.03. The second-order valence-electron chi connectivity index (χ2n) is 4.38. The molecule has 0 saturated heterocycles. The summed E-state index contributed by atoms with van der Waals surface area (Å²) in [7, 11) is 0. The highest BCUT2D eigenvalue weighted by Gasteiger charge is 2.10. The van der Waals surface area contributed by atoms with Gasteiger partial charge in [0.25, 0.3) is 0 Å². The minimum Gasteiger partial charge on any atom is -0.261 e. The van der Waals surface area contributed by atoms with Crippen LogP contribution in [0.4, 0.5) is 0 Å². The van der Waals surface area contributed by atoms with Gasteiger partial charge >= 0.3 is 0 Å². The molecule has 0 saturated carbocycles. The first-order valence-corrected chi connectivity index (χ1v) is 5.30. The van der Waals surface area contributed by atoms with Gasteiger partial charge in [-0.2, -0.15) is 10.2 Å². The highest BCUT2D eigenvalue weighted by Crippen LogP contribution is 2.19. The van der Waals surface area contributed by atoms with Gasteiger partial charge < -0.3 is 0 Å². The third kappa shape index (κ3) is 1.71. The Morgan fingerprint density at radius 3 is 2.47 bits per heavy atom. The molecule has 0 N–H and O–H groups in total. The van der Waals surface area contributed by atoms with E-state index in [0.717, 1.165) is 16.7 Å². The lowest BCUT2D eigenvalue weighted by atomic mass is 10.1. The third-order valence-corrected chi connectivity index (χ3v) is 2.45. The van der Waals surface area contributed by atoms with Crippen LogP contribution in [-0.4, -0.2) is 20.0 Å². The van der Waals surface area contributed by atoms with Crippen LogP contribution in [0.3, 0.4) is 0 Å². The summed E-state index contributed by atoms with van der Waals surface area (Å²) in [5.74, 6) is 0.400. The highest BCUT2D eigenvalue weighted by molar-refractivity contribution is 5.73. The maximum Gasteiger partial charge on any atom is 0.131 e. The number of fused-ring (bicyclic) bond motifs is 1. The van der Waals surface area contributed by atoms with E-state index < -0.39 is 0 Å². The van der Waals surface area contributed by atoms with E-state index in [-0.39, 0.29) is 0 Å². The quantitative estimate of drug-likeness (QED) is 0.755. The van der Waals surface area contributed by atoms with E-state index in [2.05, 4.69) is 49.1 Å². The van der Waals surface area contributed by atoms with Crippen molar-refractivity contribution in [2.45, 2.75) is 39.7 Å². The van der Waals surface area contributed by atoms with E-state index in [4.69, 9.17) is 0 Å². The van der Waals surface area contributed by atoms with Crippen LogP contribution in [0.25, 0.3) is 11.0 Å². The number of rotatable bonds is 2. The Balaban J connectivity index is 2.61. The van der Waals surface area contributed by atoms with Crippen molar-refractivity contribution in [3.63, 3.8) is 0 Å². The van der Waals surface area contributed by atoms with Crippen molar-refractivity contribution >= 4 is 11.0 Å². The molecule has 15 heavy (non-hydrogen) atoms. The highest BCUT2D eigenvalue weighted by atomic mass is 15.3. The molecule has 0 unspecified atom stereocenters. The van der Waals surface area contributed by atoms with Gasteiger partial charge in [0.05, 0.1) is 17.4 Å². The zero-order valence-electron chi connectivity index (χ0n) is 9.60. The maximum atomic E-state index is 4.31. The number of hydrogen-bond donors (Lipinski definition) is 0. The molecule has 80 valence electrons. The monoisotopic (exact) mass is 204 g/mol. The molecular weight excluding hydrogens is 188 g/mol. The predicted octanol–water partition coefficient (Wildman–Crippen LogP) is 2.53. The molecule has 2 aromatic heterocycles. The Morgan fingerprint density at radius 1 is 1.13 bits per heavy atom. The molecular formula is C11H16N4. The molecule has 0 radical (unpaired) electrons. The maximum absolute atomic E-state index is 4.31. The molecule has 0 aromatic carbocycles. The lowest BCUT2D eigenvalue weighted by Gasteiger charge is -2.08. The van der Waals surface area contributed by atoms with Crippen molar-refractivity contribution < 1.29 is 0 Å². The topological polar surface area (TPSA) is 43.6 Å². The summed E-state index contributed by atoms with van der Waals surface area (Å²) < 4.78 is 1.98. The summed E-state index contributed by atoms with van der Waals surface area (Å²) in [6, 6.07) is 2.44. The molecule has 0 fully saturated rings. The van der Waals surface area contributed by atoms with Gasteiger partial charge in [-0.05, 0) is 25.8 Å². The van der Waals surface area contributed by atoms with Gasteiger partial charge in [0.15, 0.2) is 0 Å². The van der Waals surface area contributed by atoms with Gasteiger partial charge in [-0.25, -0.2) is 0 Å². The van der Waals surface area contributed by atoms with E-state index in [1.54, 1.807) is 6.20 Å². The summed E-state index contributed by atoms with van der Waals surface area (Å²) in [6.45, 7) is 8.46. The van der Waals surface area contributed by atoms with Crippen LogP contribution in [0, 0.1) is 0 Å². The molecule has 4 nitrogen and oxygen atoms in total. The number of aromatic nitrogens is 4. The molecule has 2 rings (SSSR count). The van der Waals surface area contributed by atoms with Gasteiger partial charge in [0.2, 0.25) is 0 Å². The van der Waals surface area contributed by atoms with E-state index in [1.807, 2.05) is 4.68 Å². The zero-order chi connectivity index (χ0) is 11.0. The van der Waals surface area contributed by atoms with Crippen LogP contribution >= 0.6 is 0 Å². The van der Waals surface area contributed by atoms with Crippen LogP contribution in [0.5, 0.6) is 0 Å².